The van der Waals surface area contributed by atoms with Gasteiger partial charge in [0.25, 0.3) is 11.8 Å². The molecule has 0 saturated carbocycles. The number of imide groups is 1. The molecule has 5 aromatic rings. The smallest absolute Gasteiger partial charge is 0.260 e. The standard InChI is InChI=1S/C44H47N3O10/c1-46-35(23-29-12-18-33(51-3)19-13-29)34(22-28-10-16-32(50-2)17-11-28)45-44(46)47(40(48)20-14-30-24-36(52-4)42(56-8)37(25-30)53-5)41(49)21-15-31-26-38(54-6)43(57-9)39(27-31)55-7/h10-21,24-27H,22-23H2,1-9H3/b20-14+,21-15+. The zero-order valence-corrected chi connectivity index (χ0v) is 33.6. The van der Waals surface area contributed by atoms with Crippen molar-refractivity contribution in [1.82, 2.24) is 9.55 Å². The highest BCUT2D eigenvalue weighted by Crippen LogP contribution is 2.40. The average molecular weight is 778 g/mol. The topological polar surface area (TPSA) is 129 Å². The summed E-state index contributed by atoms with van der Waals surface area (Å²) in [5.74, 6) is 2.69. The lowest BCUT2D eigenvalue weighted by Gasteiger charge is -2.18. The van der Waals surface area contributed by atoms with Gasteiger partial charge < -0.3 is 42.5 Å². The molecule has 0 aliphatic carbocycles. The molecular weight excluding hydrogens is 730 g/mol. The Morgan fingerprint density at radius 3 is 1.30 bits per heavy atom. The Morgan fingerprint density at radius 1 is 0.561 bits per heavy atom. The number of anilines is 1. The van der Waals surface area contributed by atoms with Crippen LogP contribution in [0.3, 0.4) is 0 Å². The zero-order chi connectivity index (χ0) is 41.1. The summed E-state index contributed by atoms with van der Waals surface area (Å²) < 4.78 is 45.5. The minimum Gasteiger partial charge on any atom is -0.497 e. The van der Waals surface area contributed by atoms with Crippen LogP contribution < -0.4 is 42.8 Å². The average Bonchev–Trinajstić information content (AvgIpc) is 3.53. The van der Waals surface area contributed by atoms with Crippen molar-refractivity contribution in [2.75, 3.05) is 61.8 Å². The first-order chi connectivity index (χ1) is 27.6. The van der Waals surface area contributed by atoms with Crippen molar-refractivity contribution >= 4 is 29.9 Å². The molecule has 0 radical (unpaired) electrons. The molecule has 5 rings (SSSR count). The van der Waals surface area contributed by atoms with Gasteiger partial charge in [-0.05, 0) is 82.9 Å². The number of nitrogens with zero attached hydrogens (tertiary/aromatic N) is 3. The SMILES string of the molecule is COc1ccc(Cc2nc(N(C(=O)/C=C/c3cc(OC)c(OC)c(OC)c3)C(=O)/C=C/c3cc(OC)c(OC)c(OC)c3)n(C)c2Cc2ccc(OC)cc2)cc1. The highest BCUT2D eigenvalue weighted by Gasteiger charge is 2.28. The first kappa shape index (κ1) is 41.3. The van der Waals surface area contributed by atoms with E-state index in [2.05, 4.69) is 0 Å². The molecule has 0 aliphatic heterocycles. The molecule has 0 N–H and O–H groups in total. The minimum absolute atomic E-state index is 0.126. The van der Waals surface area contributed by atoms with E-state index >= 15 is 0 Å². The highest BCUT2D eigenvalue weighted by molar-refractivity contribution is 6.22. The summed E-state index contributed by atoms with van der Waals surface area (Å²) in [4.78, 5) is 34.8. The lowest BCUT2D eigenvalue weighted by atomic mass is 10.0. The third-order valence-corrected chi connectivity index (χ3v) is 9.19. The van der Waals surface area contributed by atoms with Gasteiger partial charge in [-0.3, -0.25) is 9.59 Å². The Morgan fingerprint density at radius 2 is 0.947 bits per heavy atom. The second-order valence-electron chi connectivity index (χ2n) is 12.5. The maximum Gasteiger partial charge on any atom is 0.260 e. The molecule has 2 amide bonds. The Kier molecular flexibility index (Phi) is 13.8. The minimum atomic E-state index is -0.650. The molecule has 13 heteroatoms. The van der Waals surface area contributed by atoms with E-state index in [9.17, 15) is 9.59 Å². The van der Waals surface area contributed by atoms with Crippen LogP contribution in [0.1, 0.15) is 33.6 Å². The van der Waals surface area contributed by atoms with Crippen LogP contribution in [0.4, 0.5) is 5.95 Å². The van der Waals surface area contributed by atoms with Crippen LogP contribution in [-0.4, -0.2) is 78.2 Å². The predicted octanol–water partition coefficient (Wildman–Crippen LogP) is 6.96. The second-order valence-corrected chi connectivity index (χ2v) is 12.5. The van der Waals surface area contributed by atoms with E-state index < -0.39 is 11.8 Å². The van der Waals surface area contributed by atoms with Crippen LogP contribution >= 0.6 is 0 Å². The Balaban J connectivity index is 1.63. The lowest BCUT2D eigenvalue weighted by Crippen LogP contribution is -2.36. The van der Waals surface area contributed by atoms with Gasteiger partial charge >= 0.3 is 0 Å². The van der Waals surface area contributed by atoms with Crippen molar-refractivity contribution in [1.29, 1.82) is 0 Å². The largest absolute Gasteiger partial charge is 0.497 e. The Bertz CT molecular complexity index is 2110. The molecule has 0 atom stereocenters. The van der Waals surface area contributed by atoms with Crippen LogP contribution in [0.5, 0.6) is 46.0 Å². The molecule has 0 spiro atoms. The van der Waals surface area contributed by atoms with Crippen molar-refractivity contribution in [2.24, 2.45) is 7.05 Å². The predicted molar refractivity (Wildman–Crippen MR) is 218 cm³/mol. The van der Waals surface area contributed by atoms with Crippen molar-refractivity contribution in [3.05, 3.63) is 119 Å². The number of rotatable bonds is 17. The summed E-state index contributed by atoms with van der Waals surface area (Å²) >= 11 is 0. The van der Waals surface area contributed by atoms with E-state index in [1.54, 1.807) is 62.3 Å². The molecule has 0 saturated heterocycles. The number of ether oxygens (including phenoxy) is 8. The van der Waals surface area contributed by atoms with Crippen LogP contribution in [0, 0.1) is 0 Å². The molecule has 0 aliphatic rings. The van der Waals surface area contributed by atoms with Crippen molar-refractivity contribution in [3.63, 3.8) is 0 Å². The van der Waals surface area contributed by atoms with E-state index in [1.165, 1.54) is 54.8 Å². The molecule has 4 aromatic carbocycles. The quantitative estimate of drug-likeness (QED) is 0.0910. The normalized spacial score (nSPS) is 11.0. The molecule has 0 fully saturated rings. The van der Waals surface area contributed by atoms with Gasteiger partial charge in [0.15, 0.2) is 23.0 Å². The first-order valence-corrected chi connectivity index (χ1v) is 17.8. The Labute approximate surface area is 332 Å². The monoisotopic (exact) mass is 777 g/mol. The van der Waals surface area contributed by atoms with E-state index in [4.69, 9.17) is 42.9 Å². The van der Waals surface area contributed by atoms with Crippen LogP contribution in [0.25, 0.3) is 12.2 Å². The summed E-state index contributed by atoms with van der Waals surface area (Å²) in [5.41, 5.74) is 4.57. The number of carbonyl (C=O) groups excluding carboxylic acids is 2. The number of benzene rings is 4. The van der Waals surface area contributed by atoms with Gasteiger partial charge in [0.1, 0.15) is 11.5 Å². The van der Waals surface area contributed by atoms with E-state index in [0.29, 0.717) is 64.2 Å². The molecule has 1 aromatic heterocycles. The van der Waals surface area contributed by atoms with Gasteiger partial charge in [-0.1, -0.05) is 24.3 Å². The third-order valence-electron chi connectivity index (χ3n) is 9.19. The molecule has 0 unspecified atom stereocenters. The van der Waals surface area contributed by atoms with E-state index in [1.807, 2.05) is 48.5 Å². The number of imidazole rings is 1. The first-order valence-electron chi connectivity index (χ1n) is 17.8. The van der Waals surface area contributed by atoms with Gasteiger partial charge in [0.2, 0.25) is 17.4 Å². The van der Waals surface area contributed by atoms with Gasteiger partial charge in [0.05, 0.1) is 62.6 Å². The summed E-state index contributed by atoms with van der Waals surface area (Å²) in [6, 6.07) is 22.2. The van der Waals surface area contributed by atoms with Crippen molar-refractivity contribution < 1.29 is 47.5 Å². The van der Waals surface area contributed by atoms with Crippen molar-refractivity contribution in [3.8, 4) is 46.0 Å². The molecule has 57 heavy (non-hydrogen) atoms. The van der Waals surface area contributed by atoms with Crippen molar-refractivity contribution in [2.45, 2.75) is 12.8 Å². The molecule has 0 bridgehead atoms. The van der Waals surface area contributed by atoms with Gasteiger partial charge in [-0.25, -0.2) is 9.88 Å². The molecule has 298 valence electrons. The maximum absolute atomic E-state index is 14.4. The molecular formula is C44H47N3O10. The number of aromatic nitrogens is 2. The highest BCUT2D eigenvalue weighted by atomic mass is 16.5. The van der Waals surface area contributed by atoms with E-state index in [0.717, 1.165) is 33.2 Å². The number of hydrogen-bond donors (Lipinski definition) is 0. The summed E-state index contributed by atoms with van der Waals surface area (Å²) in [6.45, 7) is 0. The molecule has 13 nitrogen and oxygen atoms in total. The zero-order valence-electron chi connectivity index (χ0n) is 33.6. The summed E-state index contributed by atoms with van der Waals surface area (Å²) in [6.07, 6.45) is 6.60. The summed E-state index contributed by atoms with van der Waals surface area (Å²) in [5, 5.41) is 0. The van der Waals surface area contributed by atoms with Gasteiger partial charge in [-0.2, -0.15) is 0 Å². The third kappa shape index (κ3) is 9.50. The number of methoxy groups -OCH3 is 8. The fraction of sp³-hybridized carbons (Fsp3) is 0.250. The number of amides is 2. The van der Waals surface area contributed by atoms with Crippen LogP contribution in [0.2, 0.25) is 0 Å². The fourth-order valence-electron chi connectivity index (χ4n) is 6.20. The maximum atomic E-state index is 14.4. The Hall–Kier alpha value is -6.89. The van der Waals surface area contributed by atoms with Crippen LogP contribution in [0.15, 0.2) is 84.9 Å². The summed E-state index contributed by atoms with van der Waals surface area (Å²) in [7, 11) is 14.1. The lowest BCUT2D eigenvalue weighted by molar-refractivity contribution is -0.121. The van der Waals surface area contributed by atoms with E-state index in [-0.39, 0.29) is 5.95 Å². The number of carbonyl (C=O) groups is 2. The second kappa shape index (κ2) is 19.1. The molecule has 1 heterocycles. The van der Waals surface area contributed by atoms with Gasteiger partial charge in [0, 0.05) is 37.7 Å². The van der Waals surface area contributed by atoms with Crippen LogP contribution in [-0.2, 0) is 29.5 Å². The van der Waals surface area contributed by atoms with Gasteiger partial charge in [-0.15, -0.1) is 0 Å². The number of hydrogen-bond acceptors (Lipinski definition) is 11. The fourth-order valence-corrected chi connectivity index (χ4v) is 6.20.